The molecule has 6 heteroatoms. The lowest BCUT2D eigenvalue weighted by Crippen LogP contribution is -3.00. The van der Waals surface area contributed by atoms with Gasteiger partial charge in [-0.2, -0.15) is 0 Å². The molecule has 0 spiro atoms. The lowest BCUT2D eigenvalue weighted by atomic mass is 9.83. The maximum absolute atomic E-state index is 13.0. The van der Waals surface area contributed by atoms with Crippen LogP contribution < -0.4 is 17.0 Å². The highest BCUT2D eigenvalue weighted by atomic mass is 79.9. The van der Waals surface area contributed by atoms with E-state index in [2.05, 4.69) is 26.5 Å². The van der Waals surface area contributed by atoms with Crippen LogP contribution in [0.2, 0.25) is 0 Å². The van der Waals surface area contributed by atoms with Crippen LogP contribution in [-0.4, -0.2) is 47.8 Å². The molecule has 0 saturated carbocycles. The van der Waals surface area contributed by atoms with E-state index in [1.54, 1.807) is 12.1 Å². The number of allylic oxidation sites excluding steroid dienone is 1. The molecule has 0 radical (unpaired) electrons. The van der Waals surface area contributed by atoms with Crippen LogP contribution in [0.1, 0.15) is 44.4 Å². The molecule has 3 saturated heterocycles. The first kappa shape index (κ1) is 23.3. The van der Waals surface area contributed by atoms with Gasteiger partial charge in [-0.3, -0.25) is 0 Å². The minimum Gasteiger partial charge on any atom is -1.00 e. The normalized spacial score (nSPS) is 28.0. The van der Waals surface area contributed by atoms with E-state index in [0.717, 1.165) is 36.8 Å². The van der Waals surface area contributed by atoms with Gasteiger partial charge in [0.1, 0.15) is 6.54 Å². The lowest BCUT2D eigenvalue weighted by molar-refractivity contribution is -0.945. The van der Waals surface area contributed by atoms with Crippen LogP contribution in [0.25, 0.3) is 0 Å². The number of esters is 1. The molecule has 4 nitrogen and oxygen atoms in total. The van der Waals surface area contributed by atoms with E-state index in [1.807, 2.05) is 11.4 Å². The van der Waals surface area contributed by atoms with Crippen molar-refractivity contribution in [1.29, 1.82) is 0 Å². The summed E-state index contributed by atoms with van der Waals surface area (Å²) in [6, 6.07) is 3.64. The Morgan fingerprint density at radius 1 is 1.43 bits per heavy atom. The van der Waals surface area contributed by atoms with E-state index in [1.165, 1.54) is 30.0 Å². The number of rotatable bonds is 8. The van der Waals surface area contributed by atoms with Gasteiger partial charge in [0.15, 0.2) is 11.7 Å². The number of halogens is 1. The van der Waals surface area contributed by atoms with E-state index in [4.69, 9.17) is 4.74 Å². The summed E-state index contributed by atoms with van der Waals surface area (Å²) < 4.78 is 7.00. The number of aliphatic hydroxyl groups is 1. The van der Waals surface area contributed by atoms with Gasteiger partial charge < -0.3 is 31.3 Å². The fourth-order valence-electron chi connectivity index (χ4n) is 4.54. The van der Waals surface area contributed by atoms with Crippen molar-refractivity contribution in [1.82, 2.24) is 0 Å². The number of piperidine rings is 3. The Labute approximate surface area is 183 Å². The molecule has 4 rings (SSSR count). The van der Waals surface area contributed by atoms with Crippen molar-refractivity contribution in [3.63, 3.8) is 0 Å². The maximum Gasteiger partial charge on any atom is 0.344 e. The Kier molecular flexibility index (Phi) is 8.08. The summed E-state index contributed by atoms with van der Waals surface area (Å²) in [4.78, 5) is 13.6. The molecule has 1 aromatic rings. The van der Waals surface area contributed by atoms with Crippen LogP contribution in [0.5, 0.6) is 0 Å². The molecule has 4 heterocycles. The summed E-state index contributed by atoms with van der Waals surface area (Å²) >= 11 is 1.38. The Morgan fingerprint density at radius 3 is 2.71 bits per heavy atom. The van der Waals surface area contributed by atoms with Gasteiger partial charge in [-0.1, -0.05) is 23.8 Å². The second kappa shape index (κ2) is 9.70. The van der Waals surface area contributed by atoms with Crippen LogP contribution >= 0.6 is 11.3 Å². The van der Waals surface area contributed by atoms with E-state index >= 15 is 0 Å². The zero-order valence-electron chi connectivity index (χ0n) is 16.9. The molecule has 1 unspecified atom stereocenters. The van der Waals surface area contributed by atoms with Crippen molar-refractivity contribution >= 4 is 17.3 Å². The Hall–Kier alpha value is -0.950. The monoisotopic (exact) mass is 469 g/mol. The number of thiophene rings is 1. The van der Waals surface area contributed by atoms with Gasteiger partial charge >= 0.3 is 5.97 Å². The number of ether oxygens (including phenoxy) is 1. The van der Waals surface area contributed by atoms with E-state index in [-0.39, 0.29) is 29.5 Å². The third-order valence-electron chi connectivity index (χ3n) is 6.16. The van der Waals surface area contributed by atoms with Crippen molar-refractivity contribution in [3.05, 3.63) is 46.7 Å². The average Bonchev–Trinajstić information content (AvgIpc) is 3.17. The van der Waals surface area contributed by atoms with E-state index in [9.17, 15) is 9.90 Å². The summed E-state index contributed by atoms with van der Waals surface area (Å²) in [6.45, 7) is 12.3. The Balaban J connectivity index is 0.00000280. The molecule has 0 aliphatic carbocycles. The van der Waals surface area contributed by atoms with Gasteiger partial charge in [-0.15, -0.1) is 17.9 Å². The SMILES string of the molecule is C=CCC(O)(C(=O)O[C@H]1C[N+]2(CCC=C(C)C)CCC1CC2)c1cccs1.[Br-]. The average molecular weight is 470 g/mol. The number of carbonyl (C=O) groups is 1. The van der Waals surface area contributed by atoms with Crippen LogP contribution in [0.3, 0.4) is 0 Å². The zero-order chi connectivity index (χ0) is 19.5. The molecule has 1 aromatic heterocycles. The number of nitrogens with zero attached hydrogens (tertiary/aromatic N) is 1. The number of hydrogen-bond acceptors (Lipinski definition) is 4. The van der Waals surface area contributed by atoms with Gasteiger partial charge in [0.05, 0.1) is 19.6 Å². The number of hydrogen-bond donors (Lipinski definition) is 1. The summed E-state index contributed by atoms with van der Waals surface area (Å²) in [6.07, 6.45) is 7.24. The molecule has 28 heavy (non-hydrogen) atoms. The summed E-state index contributed by atoms with van der Waals surface area (Å²) in [5.74, 6) is -0.0974. The molecular formula is C22H32BrNO3S. The molecule has 2 bridgehead atoms. The topological polar surface area (TPSA) is 46.5 Å². The van der Waals surface area contributed by atoms with Crippen LogP contribution in [0.4, 0.5) is 0 Å². The molecule has 156 valence electrons. The first-order valence-corrected chi connectivity index (χ1v) is 10.8. The second-order valence-electron chi connectivity index (χ2n) is 8.38. The second-order valence-corrected chi connectivity index (χ2v) is 9.32. The third-order valence-corrected chi connectivity index (χ3v) is 7.18. The fraction of sp³-hybridized carbons (Fsp3) is 0.591. The van der Waals surface area contributed by atoms with E-state index in [0.29, 0.717) is 10.8 Å². The summed E-state index contributed by atoms with van der Waals surface area (Å²) in [5.41, 5.74) is -0.261. The number of quaternary nitrogens is 1. The first-order chi connectivity index (χ1) is 12.9. The summed E-state index contributed by atoms with van der Waals surface area (Å²) in [5, 5.41) is 12.9. The molecule has 0 aromatic carbocycles. The van der Waals surface area contributed by atoms with Crippen LogP contribution in [-0.2, 0) is 15.1 Å². The van der Waals surface area contributed by atoms with Crippen molar-refractivity contribution < 1.29 is 36.1 Å². The molecule has 0 amide bonds. The Bertz CT molecular complexity index is 691. The van der Waals surface area contributed by atoms with Gasteiger partial charge in [-0.05, 0) is 25.3 Å². The van der Waals surface area contributed by atoms with Crippen molar-refractivity contribution in [3.8, 4) is 0 Å². The number of fused-ring (bicyclic) bond motifs is 3. The van der Waals surface area contributed by atoms with Crippen LogP contribution in [0.15, 0.2) is 41.8 Å². The molecule has 3 fully saturated rings. The predicted molar refractivity (Wildman–Crippen MR) is 109 cm³/mol. The number of carbonyl (C=O) groups excluding carboxylic acids is 1. The highest BCUT2D eigenvalue weighted by Gasteiger charge is 2.49. The fourth-order valence-corrected chi connectivity index (χ4v) is 5.36. The zero-order valence-corrected chi connectivity index (χ0v) is 19.3. The maximum atomic E-state index is 13.0. The predicted octanol–water partition coefficient (Wildman–Crippen LogP) is 1.02. The Morgan fingerprint density at radius 2 is 2.14 bits per heavy atom. The van der Waals surface area contributed by atoms with E-state index < -0.39 is 11.6 Å². The van der Waals surface area contributed by atoms with Gasteiger partial charge in [-0.25, -0.2) is 4.79 Å². The van der Waals surface area contributed by atoms with Gasteiger partial charge in [0, 0.05) is 36.5 Å². The first-order valence-electron chi connectivity index (χ1n) is 9.95. The smallest absolute Gasteiger partial charge is 0.344 e. The summed E-state index contributed by atoms with van der Waals surface area (Å²) in [7, 11) is 0. The molecule has 2 atom stereocenters. The molecule has 3 aliphatic rings. The standard InChI is InChI=1S/C22H32NO3S.BrH/c1-4-11-22(25,20-8-6-15-27-20)21(24)26-19-16-23(12-5-7-17(2)3)13-9-18(19)10-14-23;/h4,6-8,15,18-19,25H,1,5,9-14,16H2,2-3H3;1H/q+1;/p-1/t18?,19-,22?,23?;/m0./s1. The van der Waals surface area contributed by atoms with Gasteiger partial charge in [0.2, 0.25) is 0 Å². The molecule has 1 N–H and O–H groups in total. The highest BCUT2D eigenvalue weighted by molar-refractivity contribution is 7.10. The van der Waals surface area contributed by atoms with Crippen molar-refractivity contribution in [2.24, 2.45) is 5.92 Å². The largest absolute Gasteiger partial charge is 1.00 e. The lowest BCUT2D eigenvalue weighted by Gasteiger charge is -2.52. The molecule has 3 aliphatic heterocycles. The molecular weight excluding hydrogens is 438 g/mol. The third kappa shape index (κ3) is 4.96. The van der Waals surface area contributed by atoms with Crippen molar-refractivity contribution in [2.45, 2.75) is 51.2 Å². The van der Waals surface area contributed by atoms with Gasteiger partial charge in [0.25, 0.3) is 0 Å². The minimum absolute atomic E-state index is 0. The quantitative estimate of drug-likeness (QED) is 0.351. The minimum atomic E-state index is -1.62. The van der Waals surface area contributed by atoms with Crippen molar-refractivity contribution in [2.75, 3.05) is 26.2 Å². The highest BCUT2D eigenvalue weighted by Crippen LogP contribution is 2.38. The van der Waals surface area contributed by atoms with Crippen LogP contribution in [0, 0.1) is 5.92 Å².